The van der Waals surface area contributed by atoms with E-state index < -0.39 is 0 Å². The highest BCUT2D eigenvalue weighted by molar-refractivity contribution is 9.11. The first-order chi connectivity index (χ1) is 9.47. The molecule has 0 saturated carbocycles. The van der Waals surface area contributed by atoms with Gasteiger partial charge in [0.1, 0.15) is 5.75 Å². The van der Waals surface area contributed by atoms with E-state index in [1.165, 1.54) is 0 Å². The highest BCUT2D eigenvalue weighted by atomic mass is 79.9. The molecule has 0 spiro atoms. The molecule has 2 rings (SSSR count). The Kier molecular flexibility index (Phi) is 5.24. The molecule has 0 amide bonds. The van der Waals surface area contributed by atoms with Gasteiger partial charge >= 0.3 is 0 Å². The van der Waals surface area contributed by atoms with Crippen molar-refractivity contribution in [3.8, 4) is 5.75 Å². The molecule has 2 aromatic carbocycles. The second kappa shape index (κ2) is 6.74. The van der Waals surface area contributed by atoms with Gasteiger partial charge in [-0.2, -0.15) is 0 Å². The fraction of sp³-hybridized carbons (Fsp3) is 0.250. The molecule has 2 N–H and O–H groups in total. The van der Waals surface area contributed by atoms with E-state index in [1.54, 1.807) is 0 Å². The SMILES string of the molecule is CC(C)Oc1cccc(C(N)c2cc(Br)ccc2Br)c1. The minimum atomic E-state index is -0.197. The first-order valence-corrected chi connectivity index (χ1v) is 8.03. The highest BCUT2D eigenvalue weighted by Crippen LogP contribution is 2.30. The summed E-state index contributed by atoms with van der Waals surface area (Å²) in [7, 11) is 0. The van der Waals surface area contributed by atoms with Gasteiger partial charge in [0.25, 0.3) is 0 Å². The van der Waals surface area contributed by atoms with Crippen LogP contribution in [0, 0.1) is 0 Å². The number of hydrogen-bond acceptors (Lipinski definition) is 2. The maximum Gasteiger partial charge on any atom is 0.120 e. The molecule has 0 bridgehead atoms. The van der Waals surface area contributed by atoms with Crippen LogP contribution in [0.2, 0.25) is 0 Å². The molecule has 2 aromatic rings. The Balaban J connectivity index is 2.33. The molecule has 0 aromatic heterocycles. The van der Waals surface area contributed by atoms with Crippen LogP contribution in [-0.2, 0) is 0 Å². The van der Waals surface area contributed by atoms with Crippen molar-refractivity contribution in [1.82, 2.24) is 0 Å². The van der Waals surface area contributed by atoms with Gasteiger partial charge in [0.05, 0.1) is 12.1 Å². The lowest BCUT2D eigenvalue weighted by Crippen LogP contribution is -2.13. The average Bonchev–Trinajstić information content (AvgIpc) is 2.40. The molecule has 0 aliphatic rings. The largest absolute Gasteiger partial charge is 0.491 e. The fourth-order valence-electron chi connectivity index (χ4n) is 1.99. The van der Waals surface area contributed by atoms with Crippen LogP contribution in [-0.4, -0.2) is 6.10 Å². The van der Waals surface area contributed by atoms with Gasteiger partial charge in [-0.05, 0) is 55.3 Å². The Bertz CT molecular complexity index is 599. The molecule has 0 fully saturated rings. The molecule has 0 aliphatic heterocycles. The normalized spacial score (nSPS) is 12.5. The predicted molar refractivity (Wildman–Crippen MR) is 90.1 cm³/mol. The van der Waals surface area contributed by atoms with Crippen molar-refractivity contribution < 1.29 is 4.74 Å². The van der Waals surface area contributed by atoms with Crippen LogP contribution in [0.25, 0.3) is 0 Å². The van der Waals surface area contributed by atoms with Crippen molar-refractivity contribution in [3.63, 3.8) is 0 Å². The molecule has 2 nitrogen and oxygen atoms in total. The zero-order chi connectivity index (χ0) is 14.7. The average molecular weight is 399 g/mol. The lowest BCUT2D eigenvalue weighted by molar-refractivity contribution is 0.242. The van der Waals surface area contributed by atoms with E-state index in [9.17, 15) is 0 Å². The lowest BCUT2D eigenvalue weighted by Gasteiger charge is -2.17. The Morgan fingerprint density at radius 3 is 2.50 bits per heavy atom. The van der Waals surface area contributed by atoms with Gasteiger partial charge in [0.15, 0.2) is 0 Å². The van der Waals surface area contributed by atoms with Crippen molar-refractivity contribution in [1.29, 1.82) is 0 Å². The first-order valence-electron chi connectivity index (χ1n) is 6.44. The molecular weight excluding hydrogens is 382 g/mol. The van der Waals surface area contributed by atoms with E-state index in [0.717, 1.165) is 25.8 Å². The number of rotatable bonds is 4. The standard InChI is InChI=1S/C16H17Br2NO/c1-10(2)20-13-5-3-4-11(8-13)16(19)14-9-12(17)6-7-15(14)18/h3-10,16H,19H2,1-2H3. The molecule has 106 valence electrons. The van der Waals surface area contributed by atoms with Crippen molar-refractivity contribution in [2.75, 3.05) is 0 Å². The number of nitrogens with two attached hydrogens (primary N) is 1. The van der Waals surface area contributed by atoms with Gasteiger partial charge in [-0.25, -0.2) is 0 Å². The quantitative estimate of drug-likeness (QED) is 0.782. The Labute approximate surface area is 136 Å². The first kappa shape index (κ1) is 15.5. The minimum absolute atomic E-state index is 0.152. The Morgan fingerprint density at radius 2 is 1.80 bits per heavy atom. The van der Waals surface area contributed by atoms with Crippen molar-refractivity contribution >= 4 is 31.9 Å². The molecule has 0 heterocycles. The highest BCUT2D eigenvalue weighted by Gasteiger charge is 2.13. The van der Waals surface area contributed by atoms with Crippen LogP contribution >= 0.6 is 31.9 Å². The second-order valence-electron chi connectivity index (χ2n) is 4.88. The Morgan fingerprint density at radius 1 is 1.05 bits per heavy atom. The zero-order valence-electron chi connectivity index (χ0n) is 11.4. The number of benzene rings is 2. The summed E-state index contributed by atoms with van der Waals surface area (Å²) < 4.78 is 7.74. The van der Waals surface area contributed by atoms with E-state index in [4.69, 9.17) is 10.5 Å². The minimum Gasteiger partial charge on any atom is -0.491 e. The third kappa shape index (κ3) is 3.84. The molecule has 0 radical (unpaired) electrons. The maximum atomic E-state index is 6.38. The molecule has 1 atom stereocenters. The Hall–Kier alpha value is -0.840. The van der Waals surface area contributed by atoms with Gasteiger partial charge < -0.3 is 10.5 Å². The van der Waals surface area contributed by atoms with Crippen LogP contribution in [0.3, 0.4) is 0 Å². The van der Waals surface area contributed by atoms with Crippen LogP contribution < -0.4 is 10.5 Å². The lowest BCUT2D eigenvalue weighted by atomic mass is 9.99. The molecule has 0 aliphatic carbocycles. The van der Waals surface area contributed by atoms with Gasteiger partial charge in [-0.1, -0.05) is 44.0 Å². The molecule has 0 saturated heterocycles. The summed E-state index contributed by atoms with van der Waals surface area (Å²) in [6.07, 6.45) is 0.152. The van der Waals surface area contributed by atoms with Gasteiger partial charge in [-0.3, -0.25) is 0 Å². The van der Waals surface area contributed by atoms with Gasteiger partial charge in [-0.15, -0.1) is 0 Å². The molecular formula is C16H17Br2NO. The van der Waals surface area contributed by atoms with Crippen LogP contribution in [0.5, 0.6) is 5.75 Å². The smallest absolute Gasteiger partial charge is 0.120 e. The number of hydrogen-bond donors (Lipinski definition) is 1. The summed E-state index contributed by atoms with van der Waals surface area (Å²) in [4.78, 5) is 0. The molecule has 1 unspecified atom stereocenters. The third-order valence-electron chi connectivity index (χ3n) is 2.88. The molecule has 20 heavy (non-hydrogen) atoms. The summed E-state index contributed by atoms with van der Waals surface area (Å²) in [6, 6.07) is 13.8. The monoisotopic (exact) mass is 397 g/mol. The topological polar surface area (TPSA) is 35.2 Å². The summed E-state index contributed by atoms with van der Waals surface area (Å²) >= 11 is 7.04. The van der Waals surface area contributed by atoms with Crippen molar-refractivity contribution in [3.05, 3.63) is 62.5 Å². The molecule has 4 heteroatoms. The van der Waals surface area contributed by atoms with Crippen LogP contribution in [0.4, 0.5) is 0 Å². The van der Waals surface area contributed by atoms with Crippen LogP contribution in [0.15, 0.2) is 51.4 Å². The van der Waals surface area contributed by atoms with E-state index in [-0.39, 0.29) is 12.1 Å². The predicted octanol–water partition coefficient (Wildman–Crippen LogP) is 5.05. The van der Waals surface area contributed by atoms with Gasteiger partial charge in [0.2, 0.25) is 0 Å². The van der Waals surface area contributed by atoms with E-state index >= 15 is 0 Å². The third-order valence-corrected chi connectivity index (χ3v) is 4.10. The van der Waals surface area contributed by atoms with Crippen molar-refractivity contribution in [2.24, 2.45) is 5.73 Å². The van der Waals surface area contributed by atoms with E-state index in [2.05, 4.69) is 31.9 Å². The summed E-state index contributed by atoms with van der Waals surface area (Å²) in [6.45, 7) is 4.02. The fourth-order valence-corrected chi connectivity index (χ4v) is 2.86. The second-order valence-corrected chi connectivity index (χ2v) is 6.65. The van der Waals surface area contributed by atoms with Crippen LogP contribution in [0.1, 0.15) is 31.0 Å². The zero-order valence-corrected chi connectivity index (χ0v) is 14.6. The van der Waals surface area contributed by atoms with E-state index in [1.807, 2.05) is 56.3 Å². The number of ether oxygens (including phenoxy) is 1. The maximum absolute atomic E-state index is 6.38. The number of halogens is 2. The van der Waals surface area contributed by atoms with E-state index in [0.29, 0.717) is 0 Å². The summed E-state index contributed by atoms with van der Waals surface area (Å²) in [5, 5.41) is 0. The van der Waals surface area contributed by atoms with Gasteiger partial charge in [0, 0.05) is 8.95 Å². The van der Waals surface area contributed by atoms with Crippen molar-refractivity contribution in [2.45, 2.75) is 26.0 Å². The summed E-state index contributed by atoms with van der Waals surface area (Å²) in [5.74, 6) is 0.846. The summed E-state index contributed by atoms with van der Waals surface area (Å²) in [5.41, 5.74) is 8.45.